The van der Waals surface area contributed by atoms with Crippen LogP contribution in [0.1, 0.15) is 27.1 Å². The summed E-state index contributed by atoms with van der Waals surface area (Å²) in [7, 11) is 0. The van der Waals surface area contributed by atoms with Gasteiger partial charge in [-0.3, -0.25) is 4.79 Å². The van der Waals surface area contributed by atoms with Crippen LogP contribution in [0.25, 0.3) is 10.4 Å². The Balaban J connectivity index is 1.71. The van der Waals surface area contributed by atoms with E-state index in [1.165, 1.54) is 0 Å². The number of benzene rings is 2. The molecule has 0 spiro atoms. The number of rotatable bonds is 6. The first-order valence-corrected chi connectivity index (χ1v) is 8.80. The first-order chi connectivity index (χ1) is 14.1. The van der Waals surface area contributed by atoms with Gasteiger partial charge in [-0.05, 0) is 29.8 Å². The van der Waals surface area contributed by atoms with Crippen LogP contribution in [0.15, 0.2) is 65.8 Å². The van der Waals surface area contributed by atoms with Gasteiger partial charge in [0.1, 0.15) is 24.9 Å². The SMILES string of the molecule is [N-]=[N+]=N[C@H]1[C@@H](COC(=O)c2ccccc2)OC(=O)C[C@H]1OC(=O)c1ccccc1. The lowest BCUT2D eigenvalue weighted by molar-refractivity contribution is -0.165. The monoisotopic (exact) mass is 395 g/mol. The highest BCUT2D eigenvalue weighted by atomic mass is 16.6. The summed E-state index contributed by atoms with van der Waals surface area (Å²) in [6.07, 6.45) is -2.39. The van der Waals surface area contributed by atoms with E-state index in [0.29, 0.717) is 5.56 Å². The van der Waals surface area contributed by atoms with Crippen LogP contribution in [0.3, 0.4) is 0 Å². The maximum Gasteiger partial charge on any atom is 0.338 e. The molecule has 0 aromatic heterocycles. The van der Waals surface area contributed by atoms with Gasteiger partial charge in [-0.25, -0.2) is 9.59 Å². The van der Waals surface area contributed by atoms with Crippen LogP contribution in [0.5, 0.6) is 0 Å². The van der Waals surface area contributed by atoms with E-state index in [-0.39, 0.29) is 18.6 Å². The molecule has 9 nitrogen and oxygen atoms in total. The maximum atomic E-state index is 12.3. The lowest BCUT2D eigenvalue weighted by Crippen LogP contribution is -2.49. The van der Waals surface area contributed by atoms with Gasteiger partial charge in [0, 0.05) is 4.91 Å². The molecule has 2 aromatic rings. The summed E-state index contributed by atoms with van der Waals surface area (Å²) in [5.74, 6) is -1.94. The molecule has 0 aliphatic carbocycles. The second-order valence-electron chi connectivity index (χ2n) is 6.20. The molecule has 1 heterocycles. The van der Waals surface area contributed by atoms with E-state index in [1.807, 2.05) is 0 Å². The van der Waals surface area contributed by atoms with Gasteiger partial charge in [0.2, 0.25) is 0 Å². The van der Waals surface area contributed by atoms with Gasteiger partial charge in [0.15, 0.2) is 0 Å². The minimum Gasteiger partial charge on any atom is -0.458 e. The van der Waals surface area contributed by atoms with Gasteiger partial charge in [0.25, 0.3) is 0 Å². The number of ether oxygens (including phenoxy) is 3. The molecule has 1 aliphatic rings. The van der Waals surface area contributed by atoms with Gasteiger partial charge < -0.3 is 14.2 Å². The minimum absolute atomic E-state index is 0.272. The molecule has 148 valence electrons. The lowest BCUT2D eigenvalue weighted by Gasteiger charge is -2.33. The zero-order valence-electron chi connectivity index (χ0n) is 15.2. The van der Waals surface area contributed by atoms with Crippen molar-refractivity contribution in [2.45, 2.75) is 24.7 Å². The zero-order chi connectivity index (χ0) is 20.6. The summed E-state index contributed by atoms with van der Waals surface area (Å²) >= 11 is 0. The zero-order valence-corrected chi connectivity index (χ0v) is 15.2. The molecule has 1 saturated heterocycles. The Bertz CT molecular complexity index is 928. The van der Waals surface area contributed by atoms with E-state index in [4.69, 9.17) is 19.7 Å². The number of nitrogens with zero attached hydrogens (tertiary/aromatic N) is 3. The molecule has 9 heteroatoms. The molecule has 0 radical (unpaired) electrons. The van der Waals surface area contributed by atoms with Crippen LogP contribution in [-0.2, 0) is 19.0 Å². The summed E-state index contributed by atoms with van der Waals surface area (Å²) in [5, 5.41) is 3.61. The minimum atomic E-state index is -1.08. The molecular weight excluding hydrogens is 378 g/mol. The number of carbonyl (C=O) groups is 3. The topological polar surface area (TPSA) is 128 Å². The predicted octanol–water partition coefficient (Wildman–Crippen LogP) is 3.06. The van der Waals surface area contributed by atoms with E-state index >= 15 is 0 Å². The van der Waals surface area contributed by atoms with Crippen molar-refractivity contribution in [3.05, 3.63) is 82.2 Å². The quantitative estimate of drug-likeness (QED) is 0.243. The third-order valence-electron chi connectivity index (χ3n) is 4.25. The summed E-state index contributed by atoms with van der Waals surface area (Å²) < 4.78 is 15.8. The van der Waals surface area contributed by atoms with Crippen LogP contribution in [-0.4, -0.2) is 42.8 Å². The maximum absolute atomic E-state index is 12.3. The Hall–Kier alpha value is -3.84. The van der Waals surface area contributed by atoms with Crippen molar-refractivity contribution in [1.29, 1.82) is 0 Å². The van der Waals surface area contributed by atoms with Crippen molar-refractivity contribution >= 4 is 17.9 Å². The Labute approximate surface area is 165 Å². The highest BCUT2D eigenvalue weighted by Gasteiger charge is 2.41. The van der Waals surface area contributed by atoms with Gasteiger partial charge in [-0.15, -0.1) is 0 Å². The average Bonchev–Trinajstić information content (AvgIpc) is 2.75. The first-order valence-electron chi connectivity index (χ1n) is 8.80. The second-order valence-corrected chi connectivity index (χ2v) is 6.20. The molecule has 0 N–H and O–H groups in total. The van der Waals surface area contributed by atoms with E-state index < -0.39 is 36.2 Å². The summed E-state index contributed by atoms with van der Waals surface area (Å²) in [6.45, 7) is -0.345. The predicted molar refractivity (Wildman–Crippen MR) is 99.8 cm³/mol. The number of carbonyl (C=O) groups excluding carboxylic acids is 3. The fraction of sp³-hybridized carbons (Fsp3) is 0.250. The lowest BCUT2D eigenvalue weighted by atomic mass is 9.99. The van der Waals surface area contributed by atoms with Gasteiger partial charge in [0.05, 0.1) is 17.5 Å². The Morgan fingerprint density at radius 2 is 1.62 bits per heavy atom. The summed E-state index contributed by atoms with van der Waals surface area (Å²) in [5.41, 5.74) is 9.51. The van der Waals surface area contributed by atoms with Gasteiger partial charge >= 0.3 is 17.9 Å². The third kappa shape index (κ3) is 5.12. The smallest absolute Gasteiger partial charge is 0.338 e. The highest BCUT2D eigenvalue weighted by molar-refractivity contribution is 5.90. The molecule has 1 fully saturated rings. The largest absolute Gasteiger partial charge is 0.458 e. The molecule has 0 unspecified atom stereocenters. The van der Waals surface area contributed by atoms with E-state index in [1.54, 1.807) is 60.7 Å². The number of hydrogen-bond acceptors (Lipinski definition) is 7. The molecule has 3 atom stereocenters. The fourth-order valence-electron chi connectivity index (χ4n) is 2.86. The molecule has 0 amide bonds. The van der Waals surface area contributed by atoms with Crippen LogP contribution >= 0.6 is 0 Å². The second kappa shape index (κ2) is 9.38. The number of hydrogen-bond donors (Lipinski definition) is 0. The van der Waals surface area contributed by atoms with Crippen molar-refractivity contribution in [1.82, 2.24) is 0 Å². The van der Waals surface area contributed by atoms with Crippen molar-refractivity contribution in [3.8, 4) is 0 Å². The van der Waals surface area contributed by atoms with Crippen LogP contribution < -0.4 is 0 Å². The summed E-state index contributed by atoms with van der Waals surface area (Å²) in [4.78, 5) is 39.2. The molecule has 0 saturated carbocycles. The third-order valence-corrected chi connectivity index (χ3v) is 4.25. The van der Waals surface area contributed by atoms with Crippen molar-refractivity contribution in [3.63, 3.8) is 0 Å². The molecule has 1 aliphatic heterocycles. The van der Waals surface area contributed by atoms with Crippen molar-refractivity contribution in [2.75, 3.05) is 6.61 Å². The molecule has 3 rings (SSSR count). The fourth-order valence-corrected chi connectivity index (χ4v) is 2.86. The van der Waals surface area contributed by atoms with Gasteiger partial charge in [-0.2, -0.15) is 0 Å². The number of esters is 3. The van der Waals surface area contributed by atoms with Crippen LogP contribution in [0.4, 0.5) is 0 Å². The Kier molecular flexibility index (Phi) is 6.44. The van der Waals surface area contributed by atoms with E-state index in [9.17, 15) is 14.4 Å². The Morgan fingerprint density at radius 3 is 2.21 bits per heavy atom. The Morgan fingerprint density at radius 1 is 1.03 bits per heavy atom. The molecule has 29 heavy (non-hydrogen) atoms. The molecule has 2 aromatic carbocycles. The summed E-state index contributed by atoms with van der Waals surface area (Å²) in [6, 6.07) is 15.4. The van der Waals surface area contributed by atoms with Gasteiger partial charge in [-0.1, -0.05) is 41.5 Å². The average molecular weight is 395 g/mol. The molecule has 0 bridgehead atoms. The van der Waals surface area contributed by atoms with Crippen molar-refractivity contribution < 1.29 is 28.6 Å². The number of cyclic esters (lactones) is 1. The standard InChI is InChI=1S/C20H17N3O6/c21-23-22-18-15(29-20(26)14-9-5-2-6-10-14)11-17(24)28-16(18)12-27-19(25)13-7-3-1-4-8-13/h1-10,15-16,18H,11-12H2/t15-,16-,18-/m1/s1. The molecular formula is C20H17N3O6. The van der Waals surface area contributed by atoms with Crippen LogP contribution in [0.2, 0.25) is 0 Å². The normalized spacial score (nSPS) is 20.7. The first kappa shape index (κ1) is 19.9. The highest BCUT2D eigenvalue weighted by Crippen LogP contribution is 2.24. The van der Waals surface area contributed by atoms with Crippen LogP contribution in [0, 0.1) is 0 Å². The number of azide groups is 1. The van der Waals surface area contributed by atoms with Crippen molar-refractivity contribution in [2.24, 2.45) is 5.11 Å². The van der Waals surface area contributed by atoms with E-state index in [2.05, 4.69) is 10.0 Å². The van der Waals surface area contributed by atoms with E-state index in [0.717, 1.165) is 0 Å².